The summed E-state index contributed by atoms with van der Waals surface area (Å²) in [4.78, 5) is 2.54. The number of hydrogen-bond donors (Lipinski definition) is 1. The van der Waals surface area contributed by atoms with Gasteiger partial charge in [-0.05, 0) is 36.6 Å². The molecule has 110 valence electrons. The number of nitrogens with zero attached hydrogens (tertiary/aromatic N) is 1. The van der Waals surface area contributed by atoms with E-state index in [9.17, 15) is 0 Å². The fourth-order valence-electron chi connectivity index (χ4n) is 3.44. The molecule has 1 aromatic rings. The summed E-state index contributed by atoms with van der Waals surface area (Å²) in [5.41, 5.74) is 8.13. The molecule has 1 heterocycles. The number of anilines is 1. The van der Waals surface area contributed by atoms with Crippen LogP contribution < -0.4 is 10.5 Å². The molecule has 4 nitrogen and oxygen atoms in total. The van der Waals surface area contributed by atoms with E-state index in [1.807, 2.05) is 12.1 Å². The molecule has 1 aliphatic heterocycles. The average molecular weight is 276 g/mol. The van der Waals surface area contributed by atoms with E-state index in [0.29, 0.717) is 12.1 Å². The van der Waals surface area contributed by atoms with Gasteiger partial charge in [0.1, 0.15) is 5.75 Å². The number of hydrogen-bond acceptors (Lipinski definition) is 4. The van der Waals surface area contributed by atoms with Crippen LogP contribution in [-0.2, 0) is 11.3 Å². The molecule has 1 saturated carbocycles. The number of nitrogen functional groups attached to an aromatic ring is 1. The Morgan fingerprint density at radius 2 is 2.20 bits per heavy atom. The van der Waals surface area contributed by atoms with Gasteiger partial charge in [0, 0.05) is 24.8 Å². The molecule has 3 rings (SSSR count). The van der Waals surface area contributed by atoms with E-state index in [0.717, 1.165) is 36.7 Å². The molecule has 20 heavy (non-hydrogen) atoms. The third-order valence-corrected chi connectivity index (χ3v) is 4.57. The highest BCUT2D eigenvalue weighted by molar-refractivity contribution is 5.50. The molecule has 2 aliphatic rings. The third-order valence-electron chi connectivity index (χ3n) is 4.57. The molecule has 2 atom stereocenters. The lowest BCUT2D eigenvalue weighted by molar-refractivity contribution is -0.0910. The minimum absolute atomic E-state index is 0.421. The van der Waals surface area contributed by atoms with E-state index in [2.05, 4.69) is 11.0 Å². The monoisotopic (exact) mass is 276 g/mol. The fourth-order valence-corrected chi connectivity index (χ4v) is 3.44. The average Bonchev–Trinajstić information content (AvgIpc) is 2.50. The van der Waals surface area contributed by atoms with Crippen molar-refractivity contribution < 1.29 is 9.47 Å². The quantitative estimate of drug-likeness (QED) is 0.861. The zero-order valence-electron chi connectivity index (χ0n) is 12.2. The molecule has 1 aromatic carbocycles. The highest BCUT2D eigenvalue weighted by Crippen LogP contribution is 2.30. The predicted molar refractivity (Wildman–Crippen MR) is 79.8 cm³/mol. The topological polar surface area (TPSA) is 47.7 Å². The Hall–Kier alpha value is -1.26. The molecule has 2 N–H and O–H groups in total. The lowest BCUT2D eigenvalue weighted by atomic mass is 9.90. The number of fused-ring (bicyclic) bond motifs is 1. The summed E-state index contributed by atoms with van der Waals surface area (Å²) in [5.74, 6) is 0.877. The predicted octanol–water partition coefficient (Wildman–Crippen LogP) is 2.42. The second kappa shape index (κ2) is 6.02. The van der Waals surface area contributed by atoms with Gasteiger partial charge in [-0.2, -0.15) is 0 Å². The zero-order chi connectivity index (χ0) is 13.9. The van der Waals surface area contributed by atoms with Gasteiger partial charge in [0.05, 0.1) is 19.8 Å². The number of benzene rings is 1. The number of ether oxygens (including phenoxy) is 2. The smallest absolute Gasteiger partial charge is 0.119 e. The molecular weight excluding hydrogens is 252 g/mol. The minimum atomic E-state index is 0.421. The lowest BCUT2D eigenvalue weighted by Gasteiger charge is -2.44. The summed E-state index contributed by atoms with van der Waals surface area (Å²) in [5, 5.41) is 0. The van der Waals surface area contributed by atoms with Crippen molar-refractivity contribution in [1.82, 2.24) is 4.90 Å². The highest BCUT2D eigenvalue weighted by atomic mass is 16.5. The van der Waals surface area contributed by atoms with Crippen molar-refractivity contribution >= 4 is 5.69 Å². The van der Waals surface area contributed by atoms with Crippen molar-refractivity contribution in [2.45, 2.75) is 44.4 Å². The van der Waals surface area contributed by atoms with Crippen molar-refractivity contribution in [1.29, 1.82) is 0 Å². The summed E-state index contributed by atoms with van der Waals surface area (Å²) in [7, 11) is 1.70. The number of rotatable bonds is 3. The third kappa shape index (κ3) is 2.76. The summed E-state index contributed by atoms with van der Waals surface area (Å²) < 4.78 is 11.2. The van der Waals surface area contributed by atoms with Crippen LogP contribution >= 0.6 is 0 Å². The number of nitrogens with two attached hydrogens (primary N) is 1. The largest absolute Gasteiger partial charge is 0.497 e. The van der Waals surface area contributed by atoms with Gasteiger partial charge < -0.3 is 15.2 Å². The van der Waals surface area contributed by atoms with E-state index in [4.69, 9.17) is 15.2 Å². The summed E-state index contributed by atoms with van der Waals surface area (Å²) in [6, 6.07) is 6.47. The SMILES string of the molecule is COc1ccc(N)c(CN2CCOC3CCCCC32)c1. The maximum Gasteiger partial charge on any atom is 0.119 e. The minimum Gasteiger partial charge on any atom is -0.497 e. The molecule has 2 unspecified atom stereocenters. The van der Waals surface area contributed by atoms with Gasteiger partial charge in [-0.25, -0.2) is 0 Å². The first-order chi connectivity index (χ1) is 9.78. The van der Waals surface area contributed by atoms with Gasteiger partial charge in [0.25, 0.3) is 0 Å². The van der Waals surface area contributed by atoms with E-state index in [-0.39, 0.29) is 0 Å². The first-order valence-corrected chi connectivity index (χ1v) is 7.56. The Balaban J connectivity index is 1.75. The van der Waals surface area contributed by atoms with Gasteiger partial charge in [-0.15, -0.1) is 0 Å². The Morgan fingerprint density at radius 3 is 3.05 bits per heavy atom. The van der Waals surface area contributed by atoms with E-state index in [1.54, 1.807) is 7.11 Å². The molecule has 0 radical (unpaired) electrons. The van der Waals surface area contributed by atoms with Crippen LogP contribution in [0, 0.1) is 0 Å². The first kappa shape index (κ1) is 13.7. The van der Waals surface area contributed by atoms with Crippen molar-refractivity contribution in [3.63, 3.8) is 0 Å². The van der Waals surface area contributed by atoms with E-state index < -0.39 is 0 Å². The van der Waals surface area contributed by atoms with Crippen LogP contribution in [0.4, 0.5) is 5.69 Å². The molecule has 0 bridgehead atoms. The highest BCUT2D eigenvalue weighted by Gasteiger charge is 2.34. The molecule has 0 aromatic heterocycles. The van der Waals surface area contributed by atoms with Crippen molar-refractivity contribution in [3.8, 4) is 5.75 Å². The molecule has 1 saturated heterocycles. The zero-order valence-corrected chi connectivity index (χ0v) is 12.2. The van der Waals surface area contributed by atoms with Gasteiger partial charge in [0.15, 0.2) is 0 Å². The molecule has 0 spiro atoms. The lowest BCUT2D eigenvalue weighted by Crippen LogP contribution is -2.52. The van der Waals surface area contributed by atoms with Gasteiger partial charge in [-0.1, -0.05) is 12.8 Å². The second-order valence-electron chi connectivity index (χ2n) is 5.80. The van der Waals surface area contributed by atoms with E-state index in [1.165, 1.54) is 25.7 Å². The Bertz CT molecular complexity index is 462. The normalized spacial score (nSPS) is 27.1. The Kier molecular flexibility index (Phi) is 4.13. The maximum absolute atomic E-state index is 6.12. The molecule has 1 aliphatic carbocycles. The molecular formula is C16H24N2O2. The number of morpholine rings is 1. The van der Waals surface area contributed by atoms with Crippen LogP contribution in [0.25, 0.3) is 0 Å². The molecule has 4 heteroatoms. The van der Waals surface area contributed by atoms with Crippen LogP contribution in [0.2, 0.25) is 0 Å². The summed E-state index contributed by atoms with van der Waals surface area (Å²) in [6.07, 6.45) is 5.48. The summed E-state index contributed by atoms with van der Waals surface area (Å²) in [6.45, 7) is 2.73. The van der Waals surface area contributed by atoms with Gasteiger partial charge in [0.2, 0.25) is 0 Å². The second-order valence-corrected chi connectivity index (χ2v) is 5.80. The summed E-state index contributed by atoms with van der Waals surface area (Å²) >= 11 is 0. The standard InChI is InChI=1S/C16H24N2O2/c1-19-13-6-7-14(17)12(10-13)11-18-8-9-20-16-5-3-2-4-15(16)18/h6-7,10,15-16H,2-5,8-9,11,17H2,1H3. The molecule has 2 fully saturated rings. The van der Waals surface area contributed by atoms with Crippen LogP contribution in [0.1, 0.15) is 31.2 Å². The van der Waals surface area contributed by atoms with Crippen molar-refractivity contribution in [3.05, 3.63) is 23.8 Å². The Labute approximate surface area is 120 Å². The maximum atomic E-state index is 6.12. The fraction of sp³-hybridized carbons (Fsp3) is 0.625. The first-order valence-electron chi connectivity index (χ1n) is 7.56. The van der Waals surface area contributed by atoms with Crippen LogP contribution in [0.5, 0.6) is 5.75 Å². The van der Waals surface area contributed by atoms with E-state index >= 15 is 0 Å². The van der Waals surface area contributed by atoms with Crippen LogP contribution in [0.3, 0.4) is 0 Å². The molecule has 0 amide bonds. The van der Waals surface area contributed by atoms with Gasteiger partial charge >= 0.3 is 0 Å². The van der Waals surface area contributed by atoms with Crippen LogP contribution in [-0.4, -0.2) is 37.3 Å². The van der Waals surface area contributed by atoms with Crippen LogP contribution in [0.15, 0.2) is 18.2 Å². The Morgan fingerprint density at radius 1 is 1.35 bits per heavy atom. The number of methoxy groups -OCH3 is 1. The van der Waals surface area contributed by atoms with Crippen molar-refractivity contribution in [2.75, 3.05) is 26.0 Å². The van der Waals surface area contributed by atoms with Crippen molar-refractivity contribution in [2.24, 2.45) is 0 Å². The van der Waals surface area contributed by atoms with Gasteiger partial charge in [-0.3, -0.25) is 4.90 Å².